The van der Waals surface area contributed by atoms with Crippen LogP contribution in [0, 0.1) is 0 Å². The van der Waals surface area contributed by atoms with Crippen molar-refractivity contribution in [2.24, 2.45) is 5.16 Å². The van der Waals surface area contributed by atoms with Crippen LogP contribution in [0.3, 0.4) is 0 Å². The summed E-state index contributed by atoms with van der Waals surface area (Å²) in [5.74, 6) is 0.435. The predicted octanol–water partition coefficient (Wildman–Crippen LogP) is -0.206. The van der Waals surface area contributed by atoms with Gasteiger partial charge in [0.25, 0.3) is 0 Å². The van der Waals surface area contributed by atoms with Gasteiger partial charge < -0.3 is 19.8 Å². The highest BCUT2D eigenvalue weighted by atomic mass is 32.2. The number of rotatable bonds is 2. The summed E-state index contributed by atoms with van der Waals surface area (Å²) in [6, 6.07) is 4.88. The number of aliphatic hydroxyl groups is 1. The summed E-state index contributed by atoms with van der Waals surface area (Å²) in [6.07, 6.45) is -1.80. The van der Waals surface area contributed by atoms with Gasteiger partial charge in [0.2, 0.25) is 0 Å². The van der Waals surface area contributed by atoms with Gasteiger partial charge in [0.05, 0.1) is 11.5 Å². The highest BCUT2D eigenvalue weighted by Crippen LogP contribution is 2.31. The van der Waals surface area contributed by atoms with E-state index in [1.165, 1.54) is 0 Å². The zero-order valence-corrected chi connectivity index (χ0v) is 11.2. The van der Waals surface area contributed by atoms with Gasteiger partial charge in [-0.25, -0.2) is 8.42 Å². The Morgan fingerprint density at radius 3 is 2.80 bits per heavy atom. The third-order valence-electron chi connectivity index (χ3n) is 3.31. The quantitative estimate of drug-likeness (QED) is 0.578. The number of hydrogen-bond donors (Lipinski definition) is 2. The fourth-order valence-electron chi connectivity index (χ4n) is 2.32. The Hall–Kier alpha value is -1.80. The van der Waals surface area contributed by atoms with Crippen LogP contribution < -0.4 is 9.47 Å². The SMILES string of the molecule is O=S1(=O)CC(O)C(Oc2ccc3c(c2)OCC3=NO)C1. The maximum atomic E-state index is 11.4. The van der Waals surface area contributed by atoms with Gasteiger partial charge in [-0.1, -0.05) is 5.16 Å². The third-order valence-corrected chi connectivity index (χ3v) is 4.99. The molecule has 2 aliphatic rings. The lowest BCUT2D eigenvalue weighted by molar-refractivity contribution is 0.0736. The number of aliphatic hydroxyl groups excluding tert-OH is 1. The molecule has 1 saturated heterocycles. The first-order chi connectivity index (χ1) is 9.48. The summed E-state index contributed by atoms with van der Waals surface area (Å²) in [4.78, 5) is 0. The summed E-state index contributed by atoms with van der Waals surface area (Å²) in [5, 5.41) is 21.6. The Balaban J connectivity index is 1.80. The van der Waals surface area contributed by atoms with E-state index in [-0.39, 0.29) is 18.1 Å². The van der Waals surface area contributed by atoms with Gasteiger partial charge in [-0.05, 0) is 12.1 Å². The van der Waals surface area contributed by atoms with Crippen molar-refractivity contribution in [2.75, 3.05) is 18.1 Å². The minimum Gasteiger partial charge on any atom is -0.486 e. The fourth-order valence-corrected chi connectivity index (χ4v) is 3.99. The maximum absolute atomic E-state index is 11.4. The Bertz CT molecular complexity index is 669. The van der Waals surface area contributed by atoms with Gasteiger partial charge in [-0.15, -0.1) is 0 Å². The fraction of sp³-hybridized carbons (Fsp3) is 0.417. The first kappa shape index (κ1) is 13.2. The van der Waals surface area contributed by atoms with E-state index < -0.39 is 22.0 Å². The van der Waals surface area contributed by atoms with Crippen molar-refractivity contribution in [3.05, 3.63) is 23.8 Å². The van der Waals surface area contributed by atoms with Gasteiger partial charge in [-0.3, -0.25) is 0 Å². The van der Waals surface area contributed by atoms with E-state index in [4.69, 9.17) is 14.7 Å². The molecule has 3 rings (SSSR count). The van der Waals surface area contributed by atoms with Gasteiger partial charge in [0, 0.05) is 11.6 Å². The van der Waals surface area contributed by atoms with Crippen molar-refractivity contribution in [1.82, 2.24) is 0 Å². The van der Waals surface area contributed by atoms with E-state index in [9.17, 15) is 13.5 Å². The smallest absolute Gasteiger partial charge is 0.156 e. The van der Waals surface area contributed by atoms with E-state index in [0.29, 0.717) is 22.8 Å². The normalized spacial score (nSPS) is 29.1. The second-order valence-corrected chi connectivity index (χ2v) is 6.95. The zero-order valence-electron chi connectivity index (χ0n) is 10.4. The van der Waals surface area contributed by atoms with Crippen molar-refractivity contribution in [2.45, 2.75) is 12.2 Å². The molecule has 2 aliphatic heterocycles. The van der Waals surface area contributed by atoms with Crippen LogP contribution in [0.2, 0.25) is 0 Å². The maximum Gasteiger partial charge on any atom is 0.156 e. The summed E-state index contributed by atoms with van der Waals surface area (Å²) in [5.41, 5.74) is 1.09. The van der Waals surface area contributed by atoms with Crippen LogP contribution in [0.4, 0.5) is 0 Å². The van der Waals surface area contributed by atoms with Crippen LogP contribution in [0.15, 0.2) is 23.4 Å². The lowest BCUT2D eigenvalue weighted by Gasteiger charge is -2.16. The molecule has 0 amide bonds. The molecular formula is C12H13NO6S. The number of fused-ring (bicyclic) bond motifs is 1. The number of ether oxygens (including phenoxy) is 2. The Morgan fingerprint density at radius 2 is 2.15 bits per heavy atom. The average Bonchev–Trinajstić information content (AvgIpc) is 2.89. The molecule has 2 atom stereocenters. The zero-order chi connectivity index (χ0) is 14.3. The van der Waals surface area contributed by atoms with Crippen LogP contribution in [-0.2, 0) is 9.84 Å². The van der Waals surface area contributed by atoms with Gasteiger partial charge in [0.1, 0.15) is 36.0 Å². The third kappa shape index (κ3) is 2.32. The Morgan fingerprint density at radius 1 is 1.35 bits per heavy atom. The summed E-state index contributed by atoms with van der Waals surface area (Å²) >= 11 is 0. The number of sulfone groups is 1. The molecule has 1 fully saturated rings. The van der Waals surface area contributed by atoms with Gasteiger partial charge in [0.15, 0.2) is 9.84 Å². The Kier molecular flexibility index (Phi) is 3.06. The summed E-state index contributed by atoms with van der Waals surface area (Å²) < 4.78 is 33.6. The van der Waals surface area contributed by atoms with Crippen molar-refractivity contribution in [1.29, 1.82) is 0 Å². The molecule has 2 unspecified atom stereocenters. The van der Waals surface area contributed by atoms with Crippen LogP contribution in [0.5, 0.6) is 11.5 Å². The molecule has 0 aromatic heterocycles. The van der Waals surface area contributed by atoms with E-state index in [1.807, 2.05) is 0 Å². The van der Waals surface area contributed by atoms with Gasteiger partial charge >= 0.3 is 0 Å². The molecular weight excluding hydrogens is 286 g/mol. The largest absolute Gasteiger partial charge is 0.486 e. The van der Waals surface area contributed by atoms with Crippen molar-refractivity contribution < 1.29 is 28.2 Å². The summed E-state index contributed by atoms with van der Waals surface area (Å²) in [7, 11) is -3.25. The molecule has 2 N–H and O–H groups in total. The number of benzene rings is 1. The molecule has 0 saturated carbocycles. The highest BCUT2D eigenvalue weighted by molar-refractivity contribution is 7.91. The molecule has 1 aromatic rings. The van der Waals surface area contributed by atoms with Crippen LogP contribution >= 0.6 is 0 Å². The molecule has 108 valence electrons. The van der Waals surface area contributed by atoms with Crippen molar-refractivity contribution in [3.8, 4) is 11.5 Å². The lowest BCUT2D eigenvalue weighted by atomic mass is 10.1. The number of oxime groups is 1. The molecule has 2 heterocycles. The molecule has 8 heteroatoms. The van der Waals surface area contributed by atoms with E-state index >= 15 is 0 Å². The lowest BCUT2D eigenvalue weighted by Crippen LogP contribution is -2.29. The Labute approximate surface area is 115 Å². The molecule has 0 spiro atoms. The molecule has 0 radical (unpaired) electrons. The van der Waals surface area contributed by atoms with Crippen LogP contribution in [0.25, 0.3) is 0 Å². The topological polar surface area (TPSA) is 105 Å². The average molecular weight is 299 g/mol. The number of nitrogens with zero attached hydrogens (tertiary/aromatic N) is 1. The molecule has 20 heavy (non-hydrogen) atoms. The molecule has 0 aliphatic carbocycles. The molecule has 1 aromatic carbocycles. The van der Waals surface area contributed by atoms with Crippen molar-refractivity contribution in [3.63, 3.8) is 0 Å². The number of hydrogen-bond acceptors (Lipinski definition) is 7. The summed E-state index contributed by atoms with van der Waals surface area (Å²) in [6.45, 7) is 0.176. The van der Waals surface area contributed by atoms with E-state index in [2.05, 4.69) is 5.16 Å². The van der Waals surface area contributed by atoms with Gasteiger partial charge in [-0.2, -0.15) is 0 Å². The second kappa shape index (κ2) is 4.64. The predicted molar refractivity (Wildman–Crippen MR) is 69.3 cm³/mol. The van der Waals surface area contributed by atoms with Crippen LogP contribution in [0.1, 0.15) is 5.56 Å². The first-order valence-corrected chi connectivity index (χ1v) is 7.84. The van der Waals surface area contributed by atoms with Crippen LogP contribution in [-0.4, -0.2) is 54.8 Å². The van der Waals surface area contributed by atoms with E-state index in [1.54, 1.807) is 18.2 Å². The first-order valence-electron chi connectivity index (χ1n) is 6.02. The standard InChI is InChI=1S/C12H13NO6S/c14-10-5-20(16,17)6-12(10)19-7-1-2-8-9(13-15)4-18-11(8)3-7/h1-3,10,12,14-15H,4-6H2. The molecule has 7 nitrogen and oxygen atoms in total. The van der Waals surface area contributed by atoms with E-state index in [0.717, 1.165) is 0 Å². The second-order valence-electron chi connectivity index (χ2n) is 4.79. The minimum absolute atomic E-state index is 0.176. The minimum atomic E-state index is -3.25. The molecule has 0 bridgehead atoms. The monoisotopic (exact) mass is 299 g/mol. The highest BCUT2D eigenvalue weighted by Gasteiger charge is 2.38. The van der Waals surface area contributed by atoms with Crippen molar-refractivity contribution >= 4 is 15.5 Å².